The van der Waals surface area contributed by atoms with Gasteiger partial charge < -0.3 is 15.8 Å². The van der Waals surface area contributed by atoms with Gasteiger partial charge in [-0.2, -0.15) is 0 Å². The number of nitrogen functional groups attached to an aromatic ring is 1. The molecular formula is C13H19ClN2O4S. The van der Waals surface area contributed by atoms with Gasteiger partial charge in [0.05, 0.1) is 17.1 Å². The van der Waals surface area contributed by atoms with Crippen LogP contribution in [0.4, 0.5) is 11.4 Å². The van der Waals surface area contributed by atoms with Crippen molar-refractivity contribution in [2.75, 3.05) is 30.5 Å². The number of hydrogen-bond acceptors (Lipinski definition) is 5. The summed E-state index contributed by atoms with van der Waals surface area (Å²) in [5.74, 6) is -0.748. The molecule has 1 aromatic carbocycles. The van der Waals surface area contributed by atoms with E-state index in [1.54, 1.807) is 6.07 Å². The van der Waals surface area contributed by atoms with Crippen molar-refractivity contribution in [3.63, 3.8) is 0 Å². The number of halogens is 1. The number of methoxy groups -OCH3 is 1. The number of ether oxygens (including phenoxy) is 1. The number of amides is 1. The molecule has 3 N–H and O–H groups in total. The number of sulfone groups is 1. The van der Waals surface area contributed by atoms with E-state index in [1.807, 2.05) is 0 Å². The lowest BCUT2D eigenvalue weighted by Gasteiger charge is -2.14. The largest absolute Gasteiger partial charge is 0.397 e. The van der Waals surface area contributed by atoms with Crippen molar-refractivity contribution in [3.8, 4) is 0 Å². The predicted octanol–water partition coefficient (Wildman–Crippen LogP) is 1.70. The molecular weight excluding hydrogens is 316 g/mol. The molecule has 0 spiro atoms. The van der Waals surface area contributed by atoms with Crippen LogP contribution >= 0.6 is 11.6 Å². The molecule has 1 rings (SSSR count). The van der Waals surface area contributed by atoms with E-state index in [0.717, 1.165) is 0 Å². The van der Waals surface area contributed by atoms with E-state index in [0.29, 0.717) is 29.4 Å². The van der Waals surface area contributed by atoms with Gasteiger partial charge in [-0.1, -0.05) is 11.6 Å². The second-order valence-corrected chi connectivity index (χ2v) is 7.45. The Hall–Kier alpha value is -1.31. The third kappa shape index (κ3) is 5.18. The van der Waals surface area contributed by atoms with E-state index in [-0.39, 0.29) is 5.75 Å². The van der Waals surface area contributed by atoms with E-state index in [4.69, 9.17) is 22.1 Å². The Morgan fingerprint density at radius 2 is 2.14 bits per heavy atom. The summed E-state index contributed by atoms with van der Waals surface area (Å²) in [7, 11) is -2.05. The third-order valence-corrected chi connectivity index (χ3v) is 5.34. The van der Waals surface area contributed by atoms with Crippen LogP contribution in [0.15, 0.2) is 18.2 Å². The van der Waals surface area contributed by atoms with Crippen molar-refractivity contribution in [1.29, 1.82) is 0 Å². The molecule has 0 bridgehead atoms. The number of nitrogens with one attached hydrogen (secondary N) is 1. The standard InChI is InChI=1S/C13H19ClN2O4S/c1-9(21(18,19)7-3-6-20-2)13(17)16-12-8-10(14)4-5-11(12)15/h4-5,8-9H,3,6-7,15H2,1-2H3,(H,16,17). The van der Waals surface area contributed by atoms with Gasteiger partial charge in [0.25, 0.3) is 0 Å². The molecule has 0 saturated carbocycles. The van der Waals surface area contributed by atoms with E-state index in [2.05, 4.69) is 5.32 Å². The molecule has 0 aromatic heterocycles. The van der Waals surface area contributed by atoms with E-state index in [9.17, 15) is 13.2 Å². The summed E-state index contributed by atoms with van der Waals surface area (Å²) < 4.78 is 28.8. The highest BCUT2D eigenvalue weighted by molar-refractivity contribution is 7.92. The summed E-state index contributed by atoms with van der Waals surface area (Å²) >= 11 is 5.82. The Kier molecular flexibility index (Phi) is 6.44. The Bertz CT molecular complexity index is 604. The Labute approximate surface area is 129 Å². The maximum Gasteiger partial charge on any atom is 0.242 e. The van der Waals surface area contributed by atoms with Crippen molar-refractivity contribution in [2.45, 2.75) is 18.6 Å². The number of carbonyl (C=O) groups is 1. The van der Waals surface area contributed by atoms with Crippen LogP contribution in [-0.4, -0.2) is 39.0 Å². The second kappa shape index (κ2) is 7.63. The quantitative estimate of drug-likeness (QED) is 0.584. The summed E-state index contributed by atoms with van der Waals surface area (Å²) in [4.78, 5) is 12.0. The maximum atomic E-state index is 12.0. The topological polar surface area (TPSA) is 98.5 Å². The number of rotatable bonds is 7. The van der Waals surface area contributed by atoms with Gasteiger partial charge in [-0.25, -0.2) is 8.42 Å². The van der Waals surface area contributed by atoms with Gasteiger partial charge in [0.1, 0.15) is 5.25 Å². The maximum absolute atomic E-state index is 12.0. The van der Waals surface area contributed by atoms with Crippen LogP contribution in [0.3, 0.4) is 0 Å². The Morgan fingerprint density at radius 1 is 1.48 bits per heavy atom. The first-order valence-corrected chi connectivity index (χ1v) is 8.43. The van der Waals surface area contributed by atoms with Gasteiger partial charge in [-0.3, -0.25) is 4.79 Å². The molecule has 1 aromatic rings. The number of benzene rings is 1. The lowest BCUT2D eigenvalue weighted by atomic mass is 10.2. The zero-order valence-corrected chi connectivity index (χ0v) is 13.5. The third-order valence-electron chi connectivity index (χ3n) is 2.96. The van der Waals surface area contributed by atoms with Crippen molar-refractivity contribution < 1.29 is 17.9 Å². The Balaban J connectivity index is 2.76. The van der Waals surface area contributed by atoms with Crippen molar-refractivity contribution >= 4 is 38.7 Å². The second-order valence-electron chi connectivity index (χ2n) is 4.58. The molecule has 0 saturated heterocycles. The van der Waals surface area contributed by atoms with Crippen LogP contribution in [0.1, 0.15) is 13.3 Å². The molecule has 0 heterocycles. The molecule has 0 fully saturated rings. The SMILES string of the molecule is COCCCS(=O)(=O)C(C)C(=O)Nc1cc(Cl)ccc1N. The average Bonchev–Trinajstić information content (AvgIpc) is 2.42. The fourth-order valence-corrected chi connectivity index (χ4v) is 3.05. The first-order chi connectivity index (χ1) is 9.77. The molecule has 6 nitrogen and oxygen atoms in total. The van der Waals surface area contributed by atoms with E-state index in [1.165, 1.54) is 26.2 Å². The van der Waals surface area contributed by atoms with Gasteiger partial charge in [0, 0.05) is 18.7 Å². The fraction of sp³-hybridized carbons (Fsp3) is 0.462. The van der Waals surface area contributed by atoms with Crippen LogP contribution in [0.2, 0.25) is 5.02 Å². The molecule has 0 aliphatic heterocycles. The summed E-state index contributed by atoms with van der Waals surface area (Å²) in [5.41, 5.74) is 6.32. The normalized spacial score (nSPS) is 12.9. The van der Waals surface area contributed by atoms with Crippen molar-refractivity contribution in [3.05, 3.63) is 23.2 Å². The summed E-state index contributed by atoms with van der Waals surface area (Å²) in [6.07, 6.45) is 0.343. The highest BCUT2D eigenvalue weighted by Crippen LogP contribution is 2.23. The lowest BCUT2D eigenvalue weighted by molar-refractivity contribution is -0.115. The summed E-state index contributed by atoms with van der Waals surface area (Å²) in [6.45, 7) is 1.67. The minimum absolute atomic E-state index is 0.111. The van der Waals surface area contributed by atoms with Gasteiger partial charge >= 0.3 is 0 Å². The van der Waals surface area contributed by atoms with Crippen LogP contribution in [0.5, 0.6) is 0 Å². The number of carbonyl (C=O) groups excluding carboxylic acids is 1. The molecule has 0 radical (unpaired) electrons. The summed E-state index contributed by atoms with van der Waals surface area (Å²) in [5, 5.41) is 1.71. The lowest BCUT2D eigenvalue weighted by Crippen LogP contribution is -2.34. The van der Waals surface area contributed by atoms with Crippen molar-refractivity contribution in [1.82, 2.24) is 0 Å². The number of nitrogens with two attached hydrogens (primary N) is 1. The average molecular weight is 335 g/mol. The number of anilines is 2. The van der Waals surface area contributed by atoms with Gasteiger partial charge in [-0.15, -0.1) is 0 Å². The zero-order chi connectivity index (χ0) is 16.0. The zero-order valence-electron chi connectivity index (χ0n) is 11.9. The van der Waals surface area contributed by atoms with Gasteiger partial charge in [-0.05, 0) is 31.5 Å². The smallest absolute Gasteiger partial charge is 0.242 e. The van der Waals surface area contributed by atoms with Gasteiger partial charge in [0.2, 0.25) is 5.91 Å². The van der Waals surface area contributed by atoms with E-state index >= 15 is 0 Å². The first-order valence-electron chi connectivity index (χ1n) is 6.34. The molecule has 8 heteroatoms. The molecule has 0 aliphatic carbocycles. The predicted molar refractivity (Wildman–Crippen MR) is 84.2 cm³/mol. The van der Waals surface area contributed by atoms with Crippen LogP contribution in [-0.2, 0) is 19.4 Å². The van der Waals surface area contributed by atoms with Crippen LogP contribution in [0, 0.1) is 0 Å². The monoisotopic (exact) mass is 334 g/mol. The highest BCUT2D eigenvalue weighted by Gasteiger charge is 2.27. The summed E-state index contributed by atoms with van der Waals surface area (Å²) in [6, 6.07) is 4.59. The van der Waals surface area contributed by atoms with Crippen LogP contribution in [0.25, 0.3) is 0 Å². The van der Waals surface area contributed by atoms with E-state index < -0.39 is 21.0 Å². The fourth-order valence-electron chi connectivity index (χ4n) is 1.62. The molecule has 1 atom stereocenters. The Morgan fingerprint density at radius 3 is 2.76 bits per heavy atom. The first kappa shape index (κ1) is 17.7. The van der Waals surface area contributed by atoms with Gasteiger partial charge in [0.15, 0.2) is 9.84 Å². The molecule has 118 valence electrons. The molecule has 0 aliphatic rings. The minimum Gasteiger partial charge on any atom is -0.397 e. The van der Waals surface area contributed by atoms with Crippen LogP contribution < -0.4 is 11.1 Å². The van der Waals surface area contributed by atoms with Crippen molar-refractivity contribution in [2.24, 2.45) is 0 Å². The molecule has 1 unspecified atom stereocenters. The number of hydrogen-bond donors (Lipinski definition) is 2. The molecule has 21 heavy (non-hydrogen) atoms. The minimum atomic E-state index is -3.54. The highest BCUT2D eigenvalue weighted by atomic mass is 35.5. The molecule has 1 amide bonds.